The number of thiophene rings is 1. The van der Waals surface area contributed by atoms with Crippen LogP contribution in [0, 0.1) is 12.8 Å². The molecule has 2 aromatic heterocycles. The van der Waals surface area contributed by atoms with E-state index in [2.05, 4.69) is 47.5 Å². The lowest BCUT2D eigenvalue weighted by atomic mass is 9.99. The van der Waals surface area contributed by atoms with Gasteiger partial charge in [-0.2, -0.15) is 0 Å². The lowest BCUT2D eigenvalue weighted by molar-refractivity contribution is 0.344. The molecule has 3 rings (SSSR count). The van der Waals surface area contributed by atoms with E-state index in [4.69, 9.17) is 0 Å². The topological polar surface area (TPSA) is 42.7 Å². The normalized spacial score (nSPS) is 18.5. The Morgan fingerprint density at radius 1 is 1.53 bits per heavy atom. The summed E-state index contributed by atoms with van der Waals surface area (Å²) in [6, 6.07) is 2.18. The SMILES string of the molecule is Cc1nnc2n1CC(CNCc1csc(Br)c1)CC2. The van der Waals surface area contributed by atoms with Gasteiger partial charge in [0.25, 0.3) is 0 Å². The first-order valence-electron chi connectivity index (χ1n) is 6.54. The number of fused-ring (bicyclic) bond motifs is 1. The molecule has 0 spiro atoms. The van der Waals surface area contributed by atoms with E-state index in [-0.39, 0.29) is 0 Å². The second-order valence-electron chi connectivity index (χ2n) is 5.07. The molecule has 0 radical (unpaired) electrons. The standard InChI is InChI=1S/C13H17BrN4S/c1-9-16-17-13-3-2-10(7-18(9)13)5-15-6-11-4-12(14)19-8-11/h4,8,10,15H,2-3,5-7H2,1H3. The Hall–Kier alpha value is -0.720. The van der Waals surface area contributed by atoms with Crippen molar-refractivity contribution in [2.75, 3.05) is 6.54 Å². The lowest BCUT2D eigenvalue weighted by Crippen LogP contribution is -2.30. The molecule has 2 aromatic rings. The molecule has 1 aliphatic heterocycles. The molecule has 0 aliphatic carbocycles. The molecule has 19 heavy (non-hydrogen) atoms. The minimum absolute atomic E-state index is 0.685. The number of aryl methyl sites for hydroxylation is 2. The zero-order valence-corrected chi connectivity index (χ0v) is 13.3. The highest BCUT2D eigenvalue weighted by atomic mass is 79.9. The molecule has 4 nitrogen and oxygen atoms in total. The number of nitrogens with zero attached hydrogens (tertiary/aromatic N) is 3. The Bertz CT molecular complexity index is 563. The van der Waals surface area contributed by atoms with Crippen molar-refractivity contribution in [3.63, 3.8) is 0 Å². The minimum Gasteiger partial charge on any atom is -0.315 e. The molecule has 0 saturated carbocycles. The molecule has 0 bridgehead atoms. The van der Waals surface area contributed by atoms with Crippen LogP contribution in [0.15, 0.2) is 15.2 Å². The first-order valence-corrected chi connectivity index (χ1v) is 8.22. The molecule has 0 saturated heterocycles. The van der Waals surface area contributed by atoms with Crippen LogP contribution < -0.4 is 5.32 Å². The average molecular weight is 341 g/mol. The largest absolute Gasteiger partial charge is 0.315 e. The van der Waals surface area contributed by atoms with Crippen molar-refractivity contribution in [3.05, 3.63) is 32.4 Å². The summed E-state index contributed by atoms with van der Waals surface area (Å²) >= 11 is 5.24. The molecule has 0 amide bonds. The second-order valence-corrected chi connectivity index (χ2v) is 7.36. The van der Waals surface area contributed by atoms with Gasteiger partial charge in [-0.15, -0.1) is 21.5 Å². The van der Waals surface area contributed by atoms with Gasteiger partial charge in [0.2, 0.25) is 0 Å². The molecule has 1 atom stereocenters. The predicted molar refractivity (Wildman–Crippen MR) is 80.3 cm³/mol. The van der Waals surface area contributed by atoms with Crippen LogP contribution in [0.25, 0.3) is 0 Å². The molecule has 1 N–H and O–H groups in total. The summed E-state index contributed by atoms with van der Waals surface area (Å²) in [7, 11) is 0. The highest BCUT2D eigenvalue weighted by Gasteiger charge is 2.20. The fourth-order valence-corrected chi connectivity index (χ4v) is 3.76. The van der Waals surface area contributed by atoms with Crippen molar-refractivity contribution in [2.45, 2.75) is 32.9 Å². The van der Waals surface area contributed by atoms with Gasteiger partial charge < -0.3 is 9.88 Å². The lowest BCUT2D eigenvalue weighted by Gasteiger charge is -2.24. The molecule has 102 valence electrons. The van der Waals surface area contributed by atoms with Crippen molar-refractivity contribution in [1.29, 1.82) is 0 Å². The maximum absolute atomic E-state index is 4.21. The molecular formula is C13H17BrN4S. The van der Waals surface area contributed by atoms with E-state index >= 15 is 0 Å². The van der Waals surface area contributed by atoms with Gasteiger partial charge in [-0.1, -0.05) is 0 Å². The highest BCUT2D eigenvalue weighted by Crippen LogP contribution is 2.21. The van der Waals surface area contributed by atoms with Gasteiger partial charge in [0, 0.05) is 19.5 Å². The van der Waals surface area contributed by atoms with Crippen LogP contribution in [-0.2, 0) is 19.5 Å². The summed E-state index contributed by atoms with van der Waals surface area (Å²) in [6.45, 7) is 5.10. The van der Waals surface area contributed by atoms with E-state index in [1.165, 1.54) is 15.8 Å². The third-order valence-electron chi connectivity index (χ3n) is 3.61. The maximum Gasteiger partial charge on any atom is 0.133 e. The van der Waals surface area contributed by atoms with Crippen LogP contribution >= 0.6 is 27.3 Å². The Morgan fingerprint density at radius 2 is 2.42 bits per heavy atom. The number of aromatic nitrogens is 3. The summed E-state index contributed by atoms with van der Waals surface area (Å²) in [4.78, 5) is 0. The van der Waals surface area contributed by atoms with Crippen molar-refractivity contribution >= 4 is 27.3 Å². The summed E-state index contributed by atoms with van der Waals surface area (Å²) in [6.07, 6.45) is 2.26. The Morgan fingerprint density at radius 3 is 3.21 bits per heavy atom. The van der Waals surface area contributed by atoms with Crippen molar-refractivity contribution in [3.8, 4) is 0 Å². The van der Waals surface area contributed by atoms with Crippen LogP contribution in [0.5, 0.6) is 0 Å². The smallest absolute Gasteiger partial charge is 0.133 e. The Kier molecular flexibility index (Phi) is 4.00. The van der Waals surface area contributed by atoms with Gasteiger partial charge in [-0.25, -0.2) is 0 Å². The van der Waals surface area contributed by atoms with Gasteiger partial charge in [0.15, 0.2) is 0 Å². The molecule has 0 aromatic carbocycles. The van der Waals surface area contributed by atoms with Gasteiger partial charge in [-0.05, 0) is 58.7 Å². The van der Waals surface area contributed by atoms with E-state index in [0.29, 0.717) is 5.92 Å². The highest BCUT2D eigenvalue weighted by molar-refractivity contribution is 9.11. The van der Waals surface area contributed by atoms with E-state index < -0.39 is 0 Å². The van der Waals surface area contributed by atoms with Crippen molar-refractivity contribution in [1.82, 2.24) is 20.1 Å². The molecule has 0 fully saturated rings. The van der Waals surface area contributed by atoms with E-state index in [9.17, 15) is 0 Å². The van der Waals surface area contributed by atoms with Gasteiger partial charge >= 0.3 is 0 Å². The first kappa shape index (κ1) is 13.3. The quantitative estimate of drug-likeness (QED) is 0.930. The van der Waals surface area contributed by atoms with Crippen LogP contribution in [0.2, 0.25) is 0 Å². The van der Waals surface area contributed by atoms with E-state index in [0.717, 1.165) is 37.7 Å². The maximum atomic E-state index is 4.21. The van der Waals surface area contributed by atoms with Crippen LogP contribution in [0.1, 0.15) is 23.6 Å². The van der Waals surface area contributed by atoms with Gasteiger partial charge in [0.05, 0.1) is 3.79 Å². The Balaban J connectivity index is 1.51. The second kappa shape index (κ2) is 5.73. The van der Waals surface area contributed by atoms with Crippen LogP contribution in [0.3, 0.4) is 0 Å². The minimum atomic E-state index is 0.685. The van der Waals surface area contributed by atoms with E-state index in [1.54, 1.807) is 11.3 Å². The molecule has 1 unspecified atom stereocenters. The fourth-order valence-electron chi connectivity index (χ4n) is 2.56. The average Bonchev–Trinajstić information content (AvgIpc) is 2.97. The molecule has 3 heterocycles. The number of halogens is 1. The Labute approximate surface area is 125 Å². The summed E-state index contributed by atoms with van der Waals surface area (Å²) < 4.78 is 3.46. The molecule has 1 aliphatic rings. The zero-order chi connectivity index (χ0) is 13.2. The number of hydrogen-bond donors (Lipinski definition) is 1. The molecular weight excluding hydrogens is 324 g/mol. The van der Waals surface area contributed by atoms with E-state index in [1.807, 2.05) is 6.92 Å². The van der Waals surface area contributed by atoms with Crippen LogP contribution in [-0.4, -0.2) is 21.3 Å². The summed E-state index contributed by atoms with van der Waals surface area (Å²) in [5.74, 6) is 2.88. The van der Waals surface area contributed by atoms with Crippen molar-refractivity contribution < 1.29 is 0 Å². The number of nitrogens with one attached hydrogen (secondary N) is 1. The van der Waals surface area contributed by atoms with Gasteiger partial charge in [-0.3, -0.25) is 0 Å². The number of hydrogen-bond acceptors (Lipinski definition) is 4. The molecule has 6 heteroatoms. The summed E-state index contributed by atoms with van der Waals surface area (Å²) in [5, 5.41) is 14.1. The third kappa shape index (κ3) is 3.07. The summed E-state index contributed by atoms with van der Waals surface area (Å²) in [5.41, 5.74) is 1.36. The van der Waals surface area contributed by atoms with Crippen LogP contribution in [0.4, 0.5) is 0 Å². The fraction of sp³-hybridized carbons (Fsp3) is 0.538. The number of rotatable bonds is 4. The van der Waals surface area contributed by atoms with Gasteiger partial charge in [0.1, 0.15) is 11.6 Å². The predicted octanol–water partition coefficient (Wildman–Crippen LogP) is 2.76. The first-order chi connectivity index (χ1) is 9.22. The zero-order valence-electron chi connectivity index (χ0n) is 10.9. The monoisotopic (exact) mass is 340 g/mol. The third-order valence-corrected chi connectivity index (χ3v) is 5.17. The van der Waals surface area contributed by atoms with Crippen molar-refractivity contribution in [2.24, 2.45) is 5.92 Å².